The van der Waals surface area contributed by atoms with E-state index in [-0.39, 0.29) is 11.1 Å². The van der Waals surface area contributed by atoms with Crippen molar-refractivity contribution >= 4 is 0 Å². The molecule has 5 heteroatoms. The van der Waals surface area contributed by atoms with E-state index in [0.717, 1.165) is 18.7 Å². The maximum atomic E-state index is 11.1. The zero-order valence-corrected chi connectivity index (χ0v) is 8.88. The molecule has 1 heterocycles. The maximum Gasteiger partial charge on any atom is 0.340 e. The average molecular weight is 210 g/mol. The lowest BCUT2D eigenvalue weighted by Crippen LogP contribution is -2.36. The molecule has 0 unspecified atom stereocenters. The van der Waals surface area contributed by atoms with Crippen LogP contribution in [0.5, 0.6) is 0 Å². The predicted molar refractivity (Wildman–Crippen MR) is 57.6 cm³/mol. The molecule has 84 valence electrons. The summed E-state index contributed by atoms with van der Waals surface area (Å²) in [4.78, 5) is 13.8. The van der Waals surface area contributed by atoms with Gasteiger partial charge in [0.2, 0.25) is 0 Å². The molecule has 0 bridgehead atoms. The fourth-order valence-electron chi connectivity index (χ4n) is 2.46. The van der Waals surface area contributed by atoms with Gasteiger partial charge in [0.15, 0.2) is 0 Å². The summed E-state index contributed by atoms with van der Waals surface area (Å²) in [6.07, 6.45) is 6.93. The largest absolute Gasteiger partial charge is 0.340 e. The highest BCUT2D eigenvalue weighted by Crippen LogP contribution is 2.34. The number of rotatable bonds is 2. The van der Waals surface area contributed by atoms with Gasteiger partial charge in [-0.05, 0) is 12.8 Å². The monoisotopic (exact) mass is 210 g/mol. The molecule has 0 aromatic carbocycles. The number of aromatic amines is 2. The van der Waals surface area contributed by atoms with Gasteiger partial charge in [0.1, 0.15) is 5.82 Å². The SMILES string of the molecule is NCC1(c2n[nH]c(=O)[nH]2)CCCCCC1. The topological polar surface area (TPSA) is 87.6 Å². The lowest BCUT2D eigenvalue weighted by atomic mass is 9.80. The molecule has 5 nitrogen and oxygen atoms in total. The lowest BCUT2D eigenvalue weighted by molar-refractivity contribution is 0.360. The Morgan fingerprint density at radius 1 is 1.27 bits per heavy atom. The van der Waals surface area contributed by atoms with Crippen LogP contribution in [0, 0.1) is 0 Å². The first-order valence-electron chi connectivity index (χ1n) is 5.62. The number of hydrogen-bond donors (Lipinski definition) is 3. The third-order valence-corrected chi connectivity index (χ3v) is 3.45. The Balaban J connectivity index is 2.30. The Hall–Kier alpha value is -1.10. The summed E-state index contributed by atoms with van der Waals surface area (Å²) in [6, 6.07) is 0. The van der Waals surface area contributed by atoms with Gasteiger partial charge >= 0.3 is 5.69 Å². The van der Waals surface area contributed by atoms with Gasteiger partial charge < -0.3 is 5.73 Å². The van der Waals surface area contributed by atoms with Crippen molar-refractivity contribution in [3.8, 4) is 0 Å². The molecule has 1 aromatic rings. The van der Waals surface area contributed by atoms with Crippen LogP contribution in [0.3, 0.4) is 0 Å². The van der Waals surface area contributed by atoms with Crippen molar-refractivity contribution < 1.29 is 0 Å². The molecule has 1 saturated carbocycles. The fraction of sp³-hybridized carbons (Fsp3) is 0.800. The van der Waals surface area contributed by atoms with Crippen molar-refractivity contribution in [1.29, 1.82) is 0 Å². The van der Waals surface area contributed by atoms with E-state index in [2.05, 4.69) is 15.2 Å². The Labute approximate surface area is 88.5 Å². The normalized spacial score (nSPS) is 21.1. The number of H-pyrrole nitrogens is 2. The molecule has 0 saturated heterocycles. The lowest BCUT2D eigenvalue weighted by Gasteiger charge is -2.28. The first kappa shape index (κ1) is 10.4. The molecule has 1 aliphatic rings. The minimum Gasteiger partial charge on any atom is -0.329 e. The molecule has 2 rings (SSSR count). The van der Waals surface area contributed by atoms with Crippen LogP contribution in [0.25, 0.3) is 0 Å². The van der Waals surface area contributed by atoms with Crippen LogP contribution in [-0.2, 0) is 5.41 Å². The minimum atomic E-state index is -0.234. The number of aromatic nitrogens is 3. The maximum absolute atomic E-state index is 11.1. The van der Waals surface area contributed by atoms with E-state index in [0.29, 0.717) is 6.54 Å². The van der Waals surface area contributed by atoms with Crippen LogP contribution in [-0.4, -0.2) is 21.7 Å². The third-order valence-electron chi connectivity index (χ3n) is 3.45. The number of nitrogens with two attached hydrogens (primary N) is 1. The van der Waals surface area contributed by atoms with Gasteiger partial charge in [-0.3, -0.25) is 4.98 Å². The minimum absolute atomic E-state index is 0.102. The van der Waals surface area contributed by atoms with Gasteiger partial charge in [-0.2, -0.15) is 5.10 Å². The average Bonchev–Trinajstić information content (AvgIpc) is 2.56. The molecule has 1 aliphatic carbocycles. The Morgan fingerprint density at radius 3 is 2.40 bits per heavy atom. The molecule has 0 atom stereocenters. The van der Waals surface area contributed by atoms with Crippen molar-refractivity contribution in [2.75, 3.05) is 6.54 Å². The zero-order chi connectivity index (χ0) is 10.7. The molecule has 1 aromatic heterocycles. The van der Waals surface area contributed by atoms with E-state index in [1.54, 1.807) is 0 Å². The smallest absolute Gasteiger partial charge is 0.329 e. The van der Waals surface area contributed by atoms with Crippen molar-refractivity contribution in [2.24, 2.45) is 5.73 Å². The Kier molecular flexibility index (Phi) is 2.90. The molecule has 1 fully saturated rings. The van der Waals surface area contributed by atoms with E-state index >= 15 is 0 Å². The van der Waals surface area contributed by atoms with Crippen LogP contribution in [0.4, 0.5) is 0 Å². The number of nitrogens with one attached hydrogen (secondary N) is 2. The van der Waals surface area contributed by atoms with Crippen LogP contribution in [0.2, 0.25) is 0 Å². The van der Waals surface area contributed by atoms with Gasteiger partial charge in [-0.25, -0.2) is 9.89 Å². The standard InChI is InChI=1S/C10H18N4O/c11-7-10(5-3-1-2-4-6-10)8-12-9(15)14-13-8/h1-7,11H2,(H2,12,13,14,15). The Morgan fingerprint density at radius 2 is 1.93 bits per heavy atom. The van der Waals surface area contributed by atoms with Gasteiger partial charge in [-0.1, -0.05) is 25.7 Å². The summed E-state index contributed by atoms with van der Waals surface area (Å²) in [5, 5.41) is 6.48. The highest BCUT2D eigenvalue weighted by atomic mass is 16.1. The molecular formula is C10H18N4O. The predicted octanol–water partition coefficient (Wildman–Crippen LogP) is 0.649. The van der Waals surface area contributed by atoms with E-state index in [1.165, 1.54) is 25.7 Å². The summed E-state index contributed by atoms with van der Waals surface area (Å²) < 4.78 is 0. The summed E-state index contributed by atoms with van der Waals surface area (Å²) in [5.74, 6) is 0.747. The molecule has 0 aliphatic heterocycles. The molecule has 0 radical (unpaired) electrons. The highest BCUT2D eigenvalue weighted by molar-refractivity contribution is 5.07. The molecular weight excluding hydrogens is 192 g/mol. The number of hydrogen-bond acceptors (Lipinski definition) is 3. The van der Waals surface area contributed by atoms with E-state index in [4.69, 9.17) is 5.73 Å². The van der Waals surface area contributed by atoms with Crippen LogP contribution < -0.4 is 11.4 Å². The van der Waals surface area contributed by atoms with Gasteiger partial charge in [0.05, 0.1) is 0 Å². The molecule has 4 N–H and O–H groups in total. The first-order valence-corrected chi connectivity index (χ1v) is 5.62. The second-order valence-electron chi connectivity index (χ2n) is 4.43. The summed E-state index contributed by atoms with van der Waals surface area (Å²) >= 11 is 0. The van der Waals surface area contributed by atoms with Crippen molar-refractivity contribution in [3.63, 3.8) is 0 Å². The van der Waals surface area contributed by atoms with Crippen molar-refractivity contribution in [2.45, 2.75) is 43.9 Å². The van der Waals surface area contributed by atoms with Crippen LogP contribution >= 0.6 is 0 Å². The zero-order valence-electron chi connectivity index (χ0n) is 8.88. The first-order chi connectivity index (χ1) is 7.27. The van der Waals surface area contributed by atoms with E-state index < -0.39 is 0 Å². The van der Waals surface area contributed by atoms with Crippen LogP contribution in [0.1, 0.15) is 44.3 Å². The van der Waals surface area contributed by atoms with Gasteiger partial charge in [0.25, 0.3) is 0 Å². The Bertz CT molecular complexity index is 359. The van der Waals surface area contributed by atoms with Crippen molar-refractivity contribution in [1.82, 2.24) is 15.2 Å². The third kappa shape index (κ3) is 1.97. The summed E-state index contributed by atoms with van der Waals surface area (Å²) in [5.41, 5.74) is 5.54. The molecule has 15 heavy (non-hydrogen) atoms. The second-order valence-corrected chi connectivity index (χ2v) is 4.43. The quantitative estimate of drug-likeness (QED) is 0.626. The van der Waals surface area contributed by atoms with Crippen molar-refractivity contribution in [3.05, 3.63) is 16.3 Å². The van der Waals surface area contributed by atoms with Crippen LogP contribution in [0.15, 0.2) is 4.79 Å². The highest BCUT2D eigenvalue weighted by Gasteiger charge is 2.34. The van der Waals surface area contributed by atoms with Gasteiger partial charge in [0, 0.05) is 12.0 Å². The molecule has 0 amide bonds. The molecule has 0 spiro atoms. The fourth-order valence-corrected chi connectivity index (χ4v) is 2.46. The second kappa shape index (κ2) is 4.18. The number of nitrogens with zero attached hydrogens (tertiary/aromatic N) is 1. The summed E-state index contributed by atoms with van der Waals surface area (Å²) in [6.45, 7) is 0.563. The van der Waals surface area contributed by atoms with E-state index in [9.17, 15) is 4.79 Å². The summed E-state index contributed by atoms with van der Waals surface area (Å²) in [7, 11) is 0. The van der Waals surface area contributed by atoms with E-state index in [1.807, 2.05) is 0 Å². The van der Waals surface area contributed by atoms with Gasteiger partial charge in [-0.15, -0.1) is 0 Å².